The van der Waals surface area contributed by atoms with Crippen molar-refractivity contribution in [3.63, 3.8) is 0 Å². The number of hydrogen-bond donors (Lipinski definition) is 0. The molecule has 0 spiro atoms. The van der Waals surface area contributed by atoms with E-state index in [1.54, 1.807) is 24.3 Å². The van der Waals surface area contributed by atoms with Crippen molar-refractivity contribution in [2.24, 2.45) is 0 Å². The molecule has 0 bridgehead atoms. The Morgan fingerprint density at radius 3 is 1.48 bits per heavy atom. The van der Waals surface area contributed by atoms with Crippen LogP contribution >= 0.6 is 0 Å². The Bertz CT molecular complexity index is 1990. The number of nitriles is 2. The van der Waals surface area contributed by atoms with Crippen LogP contribution in [0.5, 0.6) is 0 Å². The second-order valence-corrected chi connectivity index (χ2v) is 9.79. The van der Waals surface area contributed by atoms with Crippen molar-refractivity contribution < 1.29 is 13.2 Å². The Hall–Kier alpha value is -5.39. The molecule has 6 aromatic rings. The van der Waals surface area contributed by atoms with Crippen molar-refractivity contribution in [2.45, 2.75) is 6.18 Å². The van der Waals surface area contributed by atoms with Gasteiger partial charge in [0.25, 0.3) is 0 Å². The minimum atomic E-state index is -4.51. The van der Waals surface area contributed by atoms with Crippen LogP contribution < -0.4 is 0 Å². The zero-order valence-corrected chi connectivity index (χ0v) is 20.8. The van der Waals surface area contributed by atoms with Crippen LogP contribution in [0.4, 0.5) is 13.2 Å². The van der Waals surface area contributed by atoms with Gasteiger partial charge in [-0.15, -0.1) is 0 Å². The molecule has 0 atom stereocenters. The highest BCUT2D eigenvalue weighted by Gasteiger charge is 2.37. The van der Waals surface area contributed by atoms with Gasteiger partial charge in [-0.3, -0.25) is 0 Å². The van der Waals surface area contributed by atoms with Gasteiger partial charge in [-0.2, -0.15) is 23.7 Å². The van der Waals surface area contributed by atoms with Gasteiger partial charge in [0.15, 0.2) is 0 Å². The van der Waals surface area contributed by atoms with Crippen molar-refractivity contribution >= 4 is 21.5 Å². The van der Waals surface area contributed by atoms with Crippen LogP contribution in [-0.4, -0.2) is 0 Å². The van der Waals surface area contributed by atoms with Gasteiger partial charge in [-0.25, -0.2) is 0 Å². The fourth-order valence-electron chi connectivity index (χ4n) is 6.14. The van der Waals surface area contributed by atoms with E-state index in [-0.39, 0.29) is 16.5 Å². The van der Waals surface area contributed by atoms with Gasteiger partial charge in [0.1, 0.15) is 12.1 Å². The molecule has 0 saturated carbocycles. The quantitative estimate of drug-likeness (QED) is 0.227. The molecule has 5 heteroatoms. The van der Waals surface area contributed by atoms with Crippen LogP contribution in [0.3, 0.4) is 0 Å². The van der Waals surface area contributed by atoms with Gasteiger partial charge in [-0.05, 0) is 84.3 Å². The lowest BCUT2D eigenvalue weighted by Gasteiger charge is -2.21. The standard InChI is InChI=1S/C35H17F3N2/c36-35(37,38)29-15-14-26-32-24(29)12-7-13-25(32)33-30(20-8-3-1-4-9-20)27-16-22(18-39)23(19-40)17-28(27)31(34(26)33)21-10-5-2-6-11-21/h1-17H. The molecular formula is C35H17F3N2. The zero-order chi connectivity index (χ0) is 27.6. The van der Waals surface area contributed by atoms with Crippen molar-refractivity contribution in [1.29, 1.82) is 10.5 Å². The molecule has 0 aromatic heterocycles. The molecule has 2 nitrogen and oxygen atoms in total. The molecule has 40 heavy (non-hydrogen) atoms. The maximum atomic E-state index is 14.2. The van der Waals surface area contributed by atoms with Crippen molar-refractivity contribution in [3.05, 3.63) is 120 Å². The summed E-state index contributed by atoms with van der Waals surface area (Å²) in [6.07, 6.45) is -4.51. The monoisotopic (exact) mass is 522 g/mol. The van der Waals surface area contributed by atoms with Gasteiger partial charge < -0.3 is 0 Å². The topological polar surface area (TPSA) is 47.6 Å². The van der Waals surface area contributed by atoms with Gasteiger partial charge in [0, 0.05) is 0 Å². The van der Waals surface area contributed by atoms with Crippen LogP contribution in [0, 0.1) is 22.7 Å². The van der Waals surface area contributed by atoms with E-state index < -0.39 is 11.7 Å². The maximum absolute atomic E-state index is 14.2. The lowest BCUT2D eigenvalue weighted by atomic mass is 9.81. The summed E-state index contributed by atoms with van der Waals surface area (Å²) in [5, 5.41) is 22.1. The Morgan fingerprint density at radius 2 is 1.00 bits per heavy atom. The second kappa shape index (κ2) is 8.56. The zero-order valence-electron chi connectivity index (χ0n) is 20.8. The molecule has 0 heterocycles. The molecule has 0 unspecified atom stereocenters. The van der Waals surface area contributed by atoms with Crippen molar-refractivity contribution in [3.8, 4) is 56.6 Å². The van der Waals surface area contributed by atoms with E-state index in [4.69, 9.17) is 0 Å². The van der Waals surface area contributed by atoms with Crippen molar-refractivity contribution in [1.82, 2.24) is 0 Å². The number of fused-ring (bicyclic) bond motifs is 4. The Kier molecular flexibility index (Phi) is 5.07. The Balaban J connectivity index is 1.78. The Labute approximate surface area is 227 Å². The van der Waals surface area contributed by atoms with Gasteiger partial charge >= 0.3 is 6.18 Å². The second-order valence-electron chi connectivity index (χ2n) is 9.79. The molecule has 0 amide bonds. The van der Waals surface area contributed by atoms with Crippen LogP contribution in [0.25, 0.3) is 66.1 Å². The van der Waals surface area contributed by atoms with Crippen LogP contribution in [0.1, 0.15) is 16.7 Å². The largest absolute Gasteiger partial charge is 0.417 e. The summed E-state index contributed by atoms with van der Waals surface area (Å²) in [6, 6.07) is 34.9. The number of hydrogen-bond acceptors (Lipinski definition) is 2. The third-order valence-corrected chi connectivity index (χ3v) is 7.70. The van der Waals surface area contributed by atoms with Crippen LogP contribution in [-0.2, 0) is 6.18 Å². The molecule has 6 aromatic carbocycles. The Morgan fingerprint density at radius 1 is 0.500 bits per heavy atom. The van der Waals surface area contributed by atoms with E-state index in [0.29, 0.717) is 5.39 Å². The van der Waals surface area contributed by atoms with Crippen LogP contribution in [0.2, 0.25) is 0 Å². The van der Waals surface area contributed by atoms with E-state index in [9.17, 15) is 23.7 Å². The molecule has 188 valence electrons. The third-order valence-electron chi connectivity index (χ3n) is 7.70. The molecule has 1 aliphatic carbocycles. The molecule has 0 aliphatic heterocycles. The average molecular weight is 523 g/mol. The number of rotatable bonds is 2. The maximum Gasteiger partial charge on any atom is 0.417 e. The number of halogens is 3. The SMILES string of the molecule is N#Cc1cc2c(-c3ccccc3)c3c(c(-c4ccccc4)c2cc1C#N)-c1ccc(C(F)(F)F)c2cccc-3c12. The molecular weight excluding hydrogens is 505 g/mol. The van der Waals surface area contributed by atoms with Gasteiger partial charge in [-0.1, -0.05) is 84.9 Å². The highest BCUT2D eigenvalue weighted by atomic mass is 19.4. The first kappa shape index (κ1) is 23.7. The number of alkyl halides is 3. The first-order valence-electron chi connectivity index (χ1n) is 12.6. The predicted molar refractivity (Wildman–Crippen MR) is 151 cm³/mol. The third kappa shape index (κ3) is 3.28. The summed E-state index contributed by atoms with van der Waals surface area (Å²) in [6.45, 7) is 0. The smallest absolute Gasteiger partial charge is 0.192 e. The van der Waals surface area contributed by atoms with E-state index >= 15 is 0 Å². The average Bonchev–Trinajstić information content (AvgIpc) is 3.30. The molecule has 0 fully saturated rings. The predicted octanol–water partition coefficient (Wildman–Crippen LogP) is 9.74. The summed E-state index contributed by atoms with van der Waals surface area (Å²) in [7, 11) is 0. The van der Waals surface area contributed by atoms with E-state index in [1.807, 2.05) is 66.7 Å². The minimum absolute atomic E-state index is 0.149. The van der Waals surface area contributed by atoms with Gasteiger partial charge in [0.05, 0.1) is 16.7 Å². The summed E-state index contributed by atoms with van der Waals surface area (Å²) >= 11 is 0. The normalized spacial score (nSPS) is 11.8. The molecule has 0 radical (unpaired) electrons. The summed E-state index contributed by atoms with van der Waals surface area (Å²) in [5.41, 5.74) is 6.30. The summed E-state index contributed by atoms with van der Waals surface area (Å²) < 4.78 is 42.5. The highest BCUT2D eigenvalue weighted by molar-refractivity contribution is 6.28. The minimum Gasteiger partial charge on any atom is -0.192 e. The molecule has 1 aliphatic rings. The summed E-state index contributed by atoms with van der Waals surface area (Å²) in [5.74, 6) is 0. The highest BCUT2D eigenvalue weighted by Crippen LogP contribution is 2.58. The molecule has 0 N–H and O–H groups in total. The fraction of sp³-hybridized carbons (Fsp3) is 0.0286. The fourth-order valence-corrected chi connectivity index (χ4v) is 6.14. The lowest BCUT2D eigenvalue weighted by molar-refractivity contribution is -0.136. The van der Waals surface area contributed by atoms with E-state index in [1.165, 1.54) is 6.07 Å². The van der Waals surface area contributed by atoms with Gasteiger partial charge in [0.2, 0.25) is 0 Å². The lowest BCUT2D eigenvalue weighted by Crippen LogP contribution is -2.05. The van der Waals surface area contributed by atoms with E-state index in [0.717, 1.165) is 61.3 Å². The van der Waals surface area contributed by atoms with Crippen LogP contribution in [0.15, 0.2) is 103 Å². The molecule has 0 saturated heterocycles. The molecule has 7 rings (SSSR count). The number of nitrogens with zero attached hydrogens (tertiary/aromatic N) is 2. The van der Waals surface area contributed by atoms with Crippen molar-refractivity contribution in [2.75, 3.05) is 0 Å². The van der Waals surface area contributed by atoms with E-state index in [2.05, 4.69) is 12.1 Å². The summed E-state index contributed by atoms with van der Waals surface area (Å²) in [4.78, 5) is 0. The number of benzene rings is 6. The first-order valence-corrected chi connectivity index (χ1v) is 12.6. The first-order chi connectivity index (χ1) is 19.4.